The lowest BCUT2D eigenvalue weighted by atomic mass is 10.1. The highest BCUT2D eigenvalue weighted by molar-refractivity contribution is 5.18. The molecule has 1 aromatic rings. The van der Waals surface area contributed by atoms with E-state index in [2.05, 4.69) is 24.4 Å². The summed E-state index contributed by atoms with van der Waals surface area (Å²) < 4.78 is 0. The second-order valence-electron chi connectivity index (χ2n) is 3.83. The molecule has 0 aliphatic carbocycles. The van der Waals surface area contributed by atoms with E-state index in [0.717, 1.165) is 0 Å². The molecule has 0 saturated heterocycles. The third kappa shape index (κ3) is 3.13. The second-order valence-corrected chi connectivity index (χ2v) is 3.83. The molecule has 2 heteroatoms. The normalized spacial score (nSPS) is 17.4. The zero-order valence-electron chi connectivity index (χ0n) is 9.07. The Hall–Kier alpha value is -0.860. The van der Waals surface area contributed by atoms with Crippen LogP contribution in [-0.2, 0) is 0 Å². The van der Waals surface area contributed by atoms with Gasteiger partial charge in [-0.05, 0) is 26.3 Å². The summed E-state index contributed by atoms with van der Waals surface area (Å²) in [4.78, 5) is 0. The first-order valence-corrected chi connectivity index (χ1v) is 5.10. The molecule has 0 aliphatic rings. The third-order valence-electron chi connectivity index (χ3n) is 2.54. The molecule has 2 unspecified atom stereocenters. The molecule has 0 aromatic heterocycles. The van der Waals surface area contributed by atoms with Crippen LogP contribution in [0.5, 0.6) is 0 Å². The van der Waals surface area contributed by atoms with Gasteiger partial charge in [-0.25, -0.2) is 0 Å². The molecular formula is C12H19NO. The first-order valence-electron chi connectivity index (χ1n) is 5.10. The van der Waals surface area contributed by atoms with E-state index in [4.69, 9.17) is 0 Å². The van der Waals surface area contributed by atoms with Crippen LogP contribution in [0.1, 0.15) is 32.4 Å². The van der Waals surface area contributed by atoms with Gasteiger partial charge in [0.25, 0.3) is 0 Å². The van der Waals surface area contributed by atoms with Crippen LogP contribution in [0.3, 0.4) is 0 Å². The molecule has 2 nitrogen and oxygen atoms in total. The molecule has 2 N–H and O–H groups in total. The van der Waals surface area contributed by atoms with Crippen LogP contribution >= 0.6 is 0 Å². The highest BCUT2D eigenvalue weighted by atomic mass is 16.3. The lowest BCUT2D eigenvalue weighted by Gasteiger charge is -2.22. The first-order chi connectivity index (χ1) is 6.61. The van der Waals surface area contributed by atoms with Crippen molar-refractivity contribution in [3.05, 3.63) is 35.9 Å². The van der Waals surface area contributed by atoms with Crippen molar-refractivity contribution >= 4 is 0 Å². The highest BCUT2D eigenvalue weighted by Crippen LogP contribution is 2.12. The summed E-state index contributed by atoms with van der Waals surface area (Å²) in [6, 6.07) is 10.6. The quantitative estimate of drug-likeness (QED) is 0.767. The van der Waals surface area contributed by atoms with Crippen LogP contribution in [0.4, 0.5) is 0 Å². The Morgan fingerprint density at radius 1 is 1.07 bits per heavy atom. The van der Waals surface area contributed by atoms with Crippen molar-refractivity contribution in [3.8, 4) is 0 Å². The van der Waals surface area contributed by atoms with Gasteiger partial charge >= 0.3 is 0 Å². The van der Waals surface area contributed by atoms with Gasteiger partial charge in [-0.1, -0.05) is 30.3 Å². The van der Waals surface area contributed by atoms with E-state index in [9.17, 15) is 5.11 Å². The number of hydrogen-bond acceptors (Lipinski definition) is 2. The number of aliphatic hydroxyl groups is 1. The van der Waals surface area contributed by atoms with Gasteiger partial charge in [0.2, 0.25) is 0 Å². The van der Waals surface area contributed by atoms with Crippen molar-refractivity contribution in [2.24, 2.45) is 0 Å². The standard InChI is InChI=1S/C12H19NO/c1-9(11(3)14)13-10(2)12-7-5-4-6-8-12/h4-11,13-14H,1-3H3/t9?,10-,11?/m1/s1. The minimum Gasteiger partial charge on any atom is -0.392 e. The minimum atomic E-state index is -0.318. The van der Waals surface area contributed by atoms with Crippen molar-refractivity contribution in [1.82, 2.24) is 5.32 Å². The van der Waals surface area contributed by atoms with Gasteiger partial charge in [-0.2, -0.15) is 0 Å². The largest absolute Gasteiger partial charge is 0.392 e. The van der Waals surface area contributed by atoms with Gasteiger partial charge in [0.05, 0.1) is 6.10 Å². The first kappa shape index (κ1) is 11.2. The molecule has 78 valence electrons. The molecule has 0 saturated carbocycles. The van der Waals surface area contributed by atoms with E-state index in [1.165, 1.54) is 5.56 Å². The molecule has 0 heterocycles. The van der Waals surface area contributed by atoms with Gasteiger partial charge < -0.3 is 10.4 Å². The fourth-order valence-corrected chi connectivity index (χ4v) is 1.37. The van der Waals surface area contributed by atoms with Crippen molar-refractivity contribution in [2.75, 3.05) is 0 Å². The SMILES string of the molecule is CC(O)C(C)N[C@H](C)c1ccccc1. The average Bonchev–Trinajstić information content (AvgIpc) is 2.19. The van der Waals surface area contributed by atoms with Crippen LogP contribution in [0.15, 0.2) is 30.3 Å². The molecule has 0 bridgehead atoms. The minimum absolute atomic E-state index is 0.116. The number of nitrogens with one attached hydrogen (secondary N) is 1. The Labute approximate surface area is 86.0 Å². The highest BCUT2D eigenvalue weighted by Gasteiger charge is 2.12. The zero-order valence-corrected chi connectivity index (χ0v) is 9.07. The van der Waals surface area contributed by atoms with Crippen LogP contribution in [0.2, 0.25) is 0 Å². The van der Waals surface area contributed by atoms with Crippen LogP contribution in [0, 0.1) is 0 Å². The number of aliphatic hydroxyl groups excluding tert-OH is 1. The van der Waals surface area contributed by atoms with Gasteiger partial charge in [0, 0.05) is 12.1 Å². The molecule has 0 amide bonds. The fourth-order valence-electron chi connectivity index (χ4n) is 1.37. The van der Waals surface area contributed by atoms with Gasteiger partial charge in [0.15, 0.2) is 0 Å². The molecule has 3 atom stereocenters. The number of rotatable bonds is 4. The summed E-state index contributed by atoms with van der Waals surface area (Å²) in [5.41, 5.74) is 1.25. The third-order valence-corrected chi connectivity index (χ3v) is 2.54. The van der Waals surface area contributed by atoms with Crippen molar-refractivity contribution in [3.63, 3.8) is 0 Å². The maximum absolute atomic E-state index is 9.35. The van der Waals surface area contributed by atoms with E-state index >= 15 is 0 Å². The maximum atomic E-state index is 9.35. The molecule has 0 aliphatic heterocycles. The molecule has 1 aromatic carbocycles. The van der Waals surface area contributed by atoms with E-state index < -0.39 is 0 Å². The van der Waals surface area contributed by atoms with Gasteiger partial charge in [-0.3, -0.25) is 0 Å². The Morgan fingerprint density at radius 3 is 2.14 bits per heavy atom. The Bertz CT molecular complexity index is 258. The summed E-state index contributed by atoms with van der Waals surface area (Å²) in [7, 11) is 0. The Kier molecular flexibility index (Phi) is 4.11. The summed E-state index contributed by atoms with van der Waals surface area (Å²) in [5, 5.41) is 12.7. The van der Waals surface area contributed by atoms with Gasteiger partial charge in [-0.15, -0.1) is 0 Å². The average molecular weight is 193 g/mol. The van der Waals surface area contributed by atoms with Crippen molar-refractivity contribution < 1.29 is 5.11 Å². The summed E-state index contributed by atoms with van der Waals surface area (Å²) in [6.45, 7) is 5.90. The summed E-state index contributed by atoms with van der Waals surface area (Å²) >= 11 is 0. The van der Waals surface area contributed by atoms with E-state index in [1.54, 1.807) is 6.92 Å². The molecular weight excluding hydrogens is 174 g/mol. The van der Waals surface area contributed by atoms with Gasteiger partial charge in [0.1, 0.15) is 0 Å². The Morgan fingerprint density at radius 2 is 1.64 bits per heavy atom. The molecule has 0 fully saturated rings. The second kappa shape index (κ2) is 5.13. The van der Waals surface area contributed by atoms with E-state index in [1.807, 2.05) is 25.1 Å². The number of benzene rings is 1. The van der Waals surface area contributed by atoms with E-state index in [0.29, 0.717) is 0 Å². The smallest absolute Gasteiger partial charge is 0.0662 e. The topological polar surface area (TPSA) is 32.3 Å². The van der Waals surface area contributed by atoms with Crippen LogP contribution in [-0.4, -0.2) is 17.3 Å². The van der Waals surface area contributed by atoms with Crippen molar-refractivity contribution in [1.29, 1.82) is 0 Å². The predicted octanol–water partition coefficient (Wildman–Crippen LogP) is 2.11. The number of hydrogen-bond donors (Lipinski definition) is 2. The summed E-state index contributed by atoms with van der Waals surface area (Å²) in [6.07, 6.45) is -0.318. The maximum Gasteiger partial charge on any atom is 0.0662 e. The molecule has 0 radical (unpaired) electrons. The van der Waals surface area contributed by atoms with Crippen LogP contribution in [0.25, 0.3) is 0 Å². The molecule has 0 spiro atoms. The van der Waals surface area contributed by atoms with Crippen LogP contribution < -0.4 is 5.32 Å². The zero-order chi connectivity index (χ0) is 10.6. The van der Waals surface area contributed by atoms with E-state index in [-0.39, 0.29) is 18.2 Å². The Balaban J connectivity index is 2.55. The lowest BCUT2D eigenvalue weighted by Crippen LogP contribution is -2.37. The monoisotopic (exact) mass is 193 g/mol. The molecule has 1 rings (SSSR count). The molecule has 14 heavy (non-hydrogen) atoms. The fraction of sp³-hybridized carbons (Fsp3) is 0.500. The lowest BCUT2D eigenvalue weighted by molar-refractivity contribution is 0.147. The summed E-state index contributed by atoms with van der Waals surface area (Å²) in [5.74, 6) is 0. The van der Waals surface area contributed by atoms with Crippen molar-refractivity contribution in [2.45, 2.75) is 39.0 Å². The predicted molar refractivity (Wildman–Crippen MR) is 59.1 cm³/mol.